The van der Waals surface area contributed by atoms with Gasteiger partial charge in [0, 0.05) is 11.1 Å². The first kappa shape index (κ1) is 14.9. The Labute approximate surface area is 134 Å². The van der Waals surface area contributed by atoms with Crippen molar-refractivity contribution in [2.45, 2.75) is 11.5 Å². The maximum Gasteiger partial charge on any atom is 0.336 e. The van der Waals surface area contributed by atoms with Gasteiger partial charge >= 0.3 is 5.97 Å². The molecule has 2 atom stereocenters. The Kier molecular flexibility index (Phi) is 3.63. The number of methoxy groups -OCH3 is 1. The van der Waals surface area contributed by atoms with Crippen molar-refractivity contribution < 1.29 is 14.3 Å². The minimum atomic E-state index is -1.40. The van der Waals surface area contributed by atoms with Gasteiger partial charge in [-0.15, -0.1) is 0 Å². The van der Waals surface area contributed by atoms with Crippen LogP contribution >= 0.6 is 0 Å². The topological polar surface area (TPSA) is 59.3 Å². The largest absolute Gasteiger partial charge is 0.497 e. The average Bonchev–Trinajstić information content (AvgIpc) is 2.87. The molecule has 2 aromatic rings. The predicted molar refractivity (Wildman–Crippen MR) is 84.7 cm³/mol. The van der Waals surface area contributed by atoms with Crippen molar-refractivity contribution in [3.05, 3.63) is 77.9 Å². The summed E-state index contributed by atoms with van der Waals surface area (Å²) in [6.45, 7) is 3.85. The van der Waals surface area contributed by atoms with Crippen molar-refractivity contribution in [3.8, 4) is 11.8 Å². The Hall–Kier alpha value is -3.06. The Balaban J connectivity index is 2.16. The molecule has 1 saturated heterocycles. The van der Waals surface area contributed by atoms with E-state index < -0.39 is 17.5 Å². The number of benzene rings is 2. The minimum absolute atomic E-state index is 0.278. The van der Waals surface area contributed by atoms with Crippen LogP contribution in [0.1, 0.15) is 17.0 Å². The highest BCUT2D eigenvalue weighted by Crippen LogP contribution is 2.49. The molecular weight excluding hydrogens is 290 g/mol. The number of cyclic esters (lactones) is 1. The van der Waals surface area contributed by atoms with Gasteiger partial charge in [-0.05, 0) is 17.7 Å². The summed E-state index contributed by atoms with van der Waals surface area (Å²) < 4.78 is 10.6. The van der Waals surface area contributed by atoms with Gasteiger partial charge in [0.05, 0.1) is 13.0 Å². The molecule has 4 nitrogen and oxygen atoms in total. The van der Waals surface area contributed by atoms with Crippen molar-refractivity contribution in [1.29, 1.82) is 5.26 Å². The van der Waals surface area contributed by atoms with Gasteiger partial charge in [0.25, 0.3) is 0 Å². The van der Waals surface area contributed by atoms with E-state index in [0.29, 0.717) is 11.3 Å². The first-order valence-electron chi connectivity index (χ1n) is 7.15. The lowest BCUT2D eigenvalue weighted by Gasteiger charge is -2.27. The van der Waals surface area contributed by atoms with Gasteiger partial charge in [-0.25, -0.2) is 4.79 Å². The number of nitriles is 1. The van der Waals surface area contributed by atoms with Gasteiger partial charge < -0.3 is 9.47 Å². The molecule has 2 unspecified atom stereocenters. The first-order chi connectivity index (χ1) is 11.1. The molecule has 1 aliphatic heterocycles. The van der Waals surface area contributed by atoms with E-state index in [1.165, 1.54) is 0 Å². The first-order valence-corrected chi connectivity index (χ1v) is 7.15. The van der Waals surface area contributed by atoms with Crippen LogP contribution in [-0.2, 0) is 15.1 Å². The second-order valence-electron chi connectivity index (χ2n) is 5.33. The Morgan fingerprint density at radius 2 is 1.83 bits per heavy atom. The molecular formula is C19H15NO3. The molecule has 0 N–H and O–H groups in total. The lowest BCUT2D eigenvalue weighted by atomic mass is 9.76. The van der Waals surface area contributed by atoms with E-state index in [1.807, 2.05) is 30.3 Å². The van der Waals surface area contributed by atoms with Crippen molar-refractivity contribution in [3.63, 3.8) is 0 Å². The van der Waals surface area contributed by atoms with Crippen molar-refractivity contribution in [2.75, 3.05) is 7.11 Å². The Morgan fingerprint density at radius 3 is 2.39 bits per heavy atom. The van der Waals surface area contributed by atoms with Crippen LogP contribution in [0.4, 0.5) is 0 Å². The third kappa shape index (κ3) is 2.27. The molecule has 0 aromatic heterocycles. The fourth-order valence-corrected chi connectivity index (χ4v) is 2.93. The average molecular weight is 305 g/mol. The zero-order valence-electron chi connectivity index (χ0n) is 12.7. The summed E-state index contributed by atoms with van der Waals surface area (Å²) in [5.74, 6) is -0.406. The van der Waals surface area contributed by atoms with E-state index in [9.17, 15) is 10.1 Å². The number of carbonyl (C=O) groups is 1. The molecule has 0 aliphatic carbocycles. The number of esters is 1. The van der Waals surface area contributed by atoms with Gasteiger partial charge in [-0.1, -0.05) is 49.0 Å². The predicted octanol–water partition coefficient (Wildman–Crippen LogP) is 3.31. The monoisotopic (exact) mass is 305 g/mol. The van der Waals surface area contributed by atoms with Gasteiger partial charge in [0.15, 0.2) is 0 Å². The third-order valence-corrected chi connectivity index (χ3v) is 4.09. The maximum atomic E-state index is 12.1. The molecule has 0 saturated carbocycles. The number of rotatable bonds is 3. The van der Waals surface area contributed by atoms with E-state index >= 15 is 0 Å². The summed E-state index contributed by atoms with van der Waals surface area (Å²) in [7, 11) is 1.58. The lowest BCUT2D eigenvalue weighted by molar-refractivity contribution is -0.143. The van der Waals surface area contributed by atoms with Gasteiger partial charge in [-0.3, -0.25) is 0 Å². The molecule has 0 radical (unpaired) electrons. The van der Waals surface area contributed by atoms with Crippen LogP contribution < -0.4 is 4.74 Å². The molecule has 1 aliphatic rings. The molecule has 0 amide bonds. The number of ether oxygens (including phenoxy) is 2. The summed E-state index contributed by atoms with van der Waals surface area (Å²) in [4.78, 5) is 12.1. The zero-order valence-corrected chi connectivity index (χ0v) is 12.7. The quantitative estimate of drug-likeness (QED) is 0.645. The Bertz CT molecular complexity index is 790. The smallest absolute Gasteiger partial charge is 0.336 e. The number of carbonyl (C=O) groups excluding carboxylic acids is 1. The van der Waals surface area contributed by atoms with Crippen LogP contribution in [0.25, 0.3) is 0 Å². The zero-order chi connectivity index (χ0) is 16.4. The molecule has 3 rings (SSSR count). The van der Waals surface area contributed by atoms with Crippen LogP contribution in [0.15, 0.2) is 66.7 Å². The summed E-state index contributed by atoms with van der Waals surface area (Å²) in [6, 6.07) is 18.5. The summed E-state index contributed by atoms with van der Waals surface area (Å²) in [5.41, 5.74) is 0.298. The standard InChI is InChI=1S/C19H15NO3/c1-13-17(14-8-10-16(22-2)11-9-14)19(12-20,23-18(13)21)15-6-4-3-5-7-15/h3-11,17H,1H2,2H3. The SMILES string of the molecule is C=C1C(=O)OC(C#N)(c2ccccc2)C1c1ccc(OC)cc1. The van der Waals surface area contributed by atoms with E-state index in [0.717, 1.165) is 5.56 Å². The van der Waals surface area contributed by atoms with Crippen molar-refractivity contribution in [1.82, 2.24) is 0 Å². The minimum Gasteiger partial charge on any atom is -0.497 e. The van der Waals surface area contributed by atoms with Crippen molar-refractivity contribution >= 4 is 5.97 Å². The van der Waals surface area contributed by atoms with Gasteiger partial charge in [0.1, 0.15) is 11.8 Å². The second-order valence-corrected chi connectivity index (χ2v) is 5.33. The van der Waals surface area contributed by atoms with Gasteiger partial charge in [0.2, 0.25) is 5.60 Å². The summed E-state index contributed by atoms with van der Waals surface area (Å²) >= 11 is 0. The van der Waals surface area contributed by atoms with Crippen LogP contribution in [0.3, 0.4) is 0 Å². The molecule has 2 aromatic carbocycles. The van der Waals surface area contributed by atoms with E-state index in [2.05, 4.69) is 12.6 Å². The highest BCUT2D eigenvalue weighted by molar-refractivity contribution is 5.94. The number of nitrogens with zero attached hydrogens (tertiary/aromatic N) is 1. The number of hydrogen-bond donors (Lipinski definition) is 0. The maximum absolute atomic E-state index is 12.1. The van der Waals surface area contributed by atoms with Crippen LogP contribution in [0.5, 0.6) is 5.75 Å². The number of hydrogen-bond acceptors (Lipinski definition) is 4. The van der Waals surface area contributed by atoms with Crippen LogP contribution in [0.2, 0.25) is 0 Å². The molecule has 114 valence electrons. The molecule has 1 fully saturated rings. The summed E-state index contributed by atoms with van der Waals surface area (Å²) in [5, 5.41) is 9.84. The van der Waals surface area contributed by atoms with Crippen molar-refractivity contribution in [2.24, 2.45) is 0 Å². The molecule has 1 heterocycles. The molecule has 23 heavy (non-hydrogen) atoms. The van der Waals surface area contributed by atoms with Gasteiger partial charge in [-0.2, -0.15) is 5.26 Å². The van der Waals surface area contributed by atoms with E-state index in [1.54, 1.807) is 31.4 Å². The normalized spacial score (nSPS) is 23.2. The Morgan fingerprint density at radius 1 is 1.17 bits per heavy atom. The summed E-state index contributed by atoms with van der Waals surface area (Å²) in [6.07, 6.45) is 0. The second kappa shape index (κ2) is 5.62. The van der Waals surface area contributed by atoms with Crippen LogP contribution in [-0.4, -0.2) is 13.1 Å². The highest BCUT2D eigenvalue weighted by Gasteiger charge is 2.54. The fourth-order valence-electron chi connectivity index (χ4n) is 2.93. The molecule has 0 spiro atoms. The molecule has 4 heteroatoms. The highest BCUT2D eigenvalue weighted by atomic mass is 16.6. The molecule has 0 bridgehead atoms. The van der Waals surface area contributed by atoms with E-state index in [4.69, 9.17) is 9.47 Å². The van der Waals surface area contributed by atoms with Crippen LogP contribution in [0, 0.1) is 11.3 Å². The van der Waals surface area contributed by atoms with E-state index in [-0.39, 0.29) is 5.57 Å². The third-order valence-electron chi connectivity index (χ3n) is 4.09. The fraction of sp³-hybridized carbons (Fsp3) is 0.158. The lowest BCUT2D eigenvalue weighted by Crippen LogP contribution is -2.30.